The first-order chi connectivity index (χ1) is 8.97. The minimum atomic E-state index is -2.04. The molecule has 0 aliphatic rings. The number of nitrogens with one attached hydrogen (secondary N) is 1. The van der Waals surface area contributed by atoms with Gasteiger partial charge in [-0.15, -0.1) is 0 Å². The lowest BCUT2D eigenvalue weighted by Crippen LogP contribution is -2.16. The van der Waals surface area contributed by atoms with Crippen molar-refractivity contribution in [3.8, 4) is 0 Å². The summed E-state index contributed by atoms with van der Waals surface area (Å²) >= 11 is 5.07. The number of nitrogen functional groups attached to an aromatic ring is 1. The Morgan fingerprint density at radius 3 is 3.05 bits per heavy atom. The third-order valence-corrected chi connectivity index (χ3v) is 3.10. The molecule has 2 heterocycles. The first-order valence-corrected chi connectivity index (χ1v) is 7.29. The Bertz CT molecular complexity index is 628. The molecule has 0 saturated heterocycles. The molecule has 0 radical (unpaired) electrons. The highest BCUT2D eigenvalue weighted by Crippen LogP contribution is 2.23. The van der Waals surface area contributed by atoms with Crippen molar-refractivity contribution < 1.29 is 14.5 Å². The number of H-pyrrole nitrogens is 1. The zero-order valence-electron chi connectivity index (χ0n) is 10.1. The van der Waals surface area contributed by atoms with Crippen LogP contribution in [-0.2, 0) is 11.3 Å². The van der Waals surface area contributed by atoms with Crippen molar-refractivity contribution in [1.82, 2.24) is 19.5 Å². The zero-order valence-corrected chi connectivity index (χ0v) is 11.9. The van der Waals surface area contributed by atoms with Crippen LogP contribution in [0.1, 0.15) is 6.92 Å². The largest absolute Gasteiger partial charge is 0.369 e. The first kappa shape index (κ1) is 14.3. The molecule has 104 valence electrons. The summed E-state index contributed by atoms with van der Waals surface area (Å²) in [4.78, 5) is 28.6. The van der Waals surface area contributed by atoms with Gasteiger partial charge in [0, 0.05) is 0 Å². The van der Waals surface area contributed by atoms with Gasteiger partial charge in [0.15, 0.2) is 19.0 Å². The normalized spacial score (nSPS) is 13.3. The summed E-state index contributed by atoms with van der Waals surface area (Å²) in [6.45, 7) is 2.30. The van der Waals surface area contributed by atoms with E-state index in [1.54, 1.807) is 10.9 Å². The summed E-state index contributed by atoms with van der Waals surface area (Å²) in [7, 11) is -2.04. The molecule has 1 unspecified atom stereocenters. The molecule has 0 spiro atoms. The van der Waals surface area contributed by atoms with E-state index in [2.05, 4.69) is 15.0 Å². The van der Waals surface area contributed by atoms with E-state index in [1.165, 1.54) is 0 Å². The monoisotopic (exact) mass is 303 g/mol. The molecule has 2 aromatic heterocycles. The van der Waals surface area contributed by atoms with Gasteiger partial charge < -0.3 is 29.8 Å². The van der Waals surface area contributed by atoms with Gasteiger partial charge in [0.1, 0.15) is 17.5 Å². The molecule has 0 saturated carbocycles. The third kappa shape index (κ3) is 3.46. The number of rotatable bonds is 5. The van der Waals surface area contributed by atoms with Crippen LogP contribution in [0.5, 0.6) is 0 Å². The Hall–Kier alpha value is -1.12. The number of anilines is 1. The Labute approximate surface area is 115 Å². The van der Waals surface area contributed by atoms with E-state index in [0.29, 0.717) is 22.3 Å². The first-order valence-electron chi connectivity index (χ1n) is 5.45. The van der Waals surface area contributed by atoms with E-state index < -0.39 is 8.38 Å². The molecule has 0 fully saturated rings. The summed E-state index contributed by atoms with van der Waals surface area (Å²) in [5.41, 5.74) is 6.85. The topological polar surface area (TPSA) is 122 Å². The lowest BCUT2D eigenvalue weighted by atomic mass is 10.4. The molecule has 0 aromatic carbocycles. The fourth-order valence-corrected chi connectivity index (χ4v) is 2.28. The lowest BCUT2D eigenvalue weighted by molar-refractivity contribution is 0.0822. The Morgan fingerprint density at radius 1 is 1.63 bits per heavy atom. The number of aromatic nitrogens is 4. The maximum atomic E-state index is 8.80. The van der Waals surface area contributed by atoms with Crippen LogP contribution in [0.3, 0.4) is 0 Å². The minimum absolute atomic E-state index is 0.0805. The molecule has 19 heavy (non-hydrogen) atoms. The number of nitrogens with two attached hydrogens (primary N) is 1. The van der Waals surface area contributed by atoms with E-state index in [4.69, 9.17) is 32.5 Å². The summed E-state index contributed by atoms with van der Waals surface area (Å²) < 4.78 is 7.42. The standard InChI is InChI=1S/C9H14N5O3PS/c1-5(17-4-18(15)16)2-14-3-11-6-7(14)12-9(10)13-8(6)19/h3,5,15-16H,2,4H2,1H3,(H3,10,12,13,19). The van der Waals surface area contributed by atoms with Gasteiger partial charge in [-0.1, -0.05) is 12.2 Å². The summed E-state index contributed by atoms with van der Waals surface area (Å²) in [6.07, 6.45) is 1.32. The summed E-state index contributed by atoms with van der Waals surface area (Å²) in [5.74, 6) is 0.224. The van der Waals surface area contributed by atoms with Crippen LogP contribution in [0.15, 0.2) is 6.33 Å². The zero-order chi connectivity index (χ0) is 14.0. The number of hydrogen-bond acceptors (Lipinski definition) is 7. The average molecular weight is 303 g/mol. The number of hydrogen-bond donors (Lipinski definition) is 4. The highest BCUT2D eigenvalue weighted by atomic mass is 32.1. The predicted molar refractivity (Wildman–Crippen MR) is 73.9 cm³/mol. The van der Waals surface area contributed by atoms with Crippen LogP contribution in [0.25, 0.3) is 11.2 Å². The molecule has 2 rings (SSSR count). The van der Waals surface area contributed by atoms with Gasteiger partial charge in [0.05, 0.1) is 19.0 Å². The van der Waals surface area contributed by atoms with Crippen LogP contribution in [-0.4, -0.2) is 41.8 Å². The van der Waals surface area contributed by atoms with E-state index in [1.807, 2.05) is 6.92 Å². The molecule has 1 atom stereocenters. The van der Waals surface area contributed by atoms with Crippen molar-refractivity contribution in [1.29, 1.82) is 0 Å². The van der Waals surface area contributed by atoms with Crippen molar-refractivity contribution >= 4 is 37.7 Å². The number of aromatic amines is 1. The Kier molecular flexibility index (Phi) is 4.43. The smallest absolute Gasteiger partial charge is 0.200 e. The molecular weight excluding hydrogens is 289 g/mol. The maximum absolute atomic E-state index is 8.80. The fourth-order valence-electron chi connectivity index (χ4n) is 1.64. The van der Waals surface area contributed by atoms with Gasteiger partial charge in [-0.05, 0) is 6.92 Å². The number of nitrogens with zero attached hydrogens (tertiary/aromatic N) is 3. The van der Waals surface area contributed by atoms with Gasteiger partial charge in [0.2, 0.25) is 0 Å². The van der Waals surface area contributed by atoms with Crippen LogP contribution in [0, 0.1) is 4.64 Å². The molecule has 0 aliphatic carbocycles. The number of ether oxygens (including phenoxy) is 1. The highest BCUT2D eigenvalue weighted by molar-refractivity contribution is 7.71. The SMILES string of the molecule is CC(Cn1cnc2c(=S)nc(N)[nH]c21)OCP(O)O. The lowest BCUT2D eigenvalue weighted by Gasteiger charge is -2.14. The highest BCUT2D eigenvalue weighted by Gasteiger charge is 2.11. The second-order valence-electron chi connectivity index (χ2n) is 4.00. The molecule has 5 N–H and O–H groups in total. The van der Waals surface area contributed by atoms with E-state index in [0.717, 1.165) is 0 Å². The second-order valence-corrected chi connectivity index (χ2v) is 5.39. The number of imidazole rings is 1. The molecule has 2 aromatic rings. The minimum Gasteiger partial charge on any atom is -0.369 e. The van der Waals surface area contributed by atoms with Gasteiger partial charge in [-0.3, -0.25) is 0 Å². The van der Waals surface area contributed by atoms with Gasteiger partial charge in [-0.25, -0.2) is 9.97 Å². The van der Waals surface area contributed by atoms with Crippen LogP contribution < -0.4 is 5.73 Å². The van der Waals surface area contributed by atoms with E-state index in [9.17, 15) is 0 Å². The molecule has 10 heteroatoms. The maximum Gasteiger partial charge on any atom is 0.200 e. The summed E-state index contributed by atoms with van der Waals surface area (Å²) in [6, 6.07) is 0. The van der Waals surface area contributed by atoms with Crippen LogP contribution >= 0.6 is 20.6 Å². The van der Waals surface area contributed by atoms with Crippen molar-refractivity contribution in [2.75, 3.05) is 12.1 Å². The van der Waals surface area contributed by atoms with Crippen molar-refractivity contribution in [2.45, 2.75) is 19.6 Å². The van der Waals surface area contributed by atoms with Crippen LogP contribution in [0.4, 0.5) is 5.95 Å². The third-order valence-electron chi connectivity index (χ3n) is 2.44. The van der Waals surface area contributed by atoms with E-state index >= 15 is 0 Å². The quantitative estimate of drug-likeness (QED) is 0.474. The summed E-state index contributed by atoms with van der Waals surface area (Å²) in [5, 5.41) is 0. The van der Waals surface area contributed by atoms with Gasteiger partial charge in [-0.2, -0.15) is 0 Å². The van der Waals surface area contributed by atoms with Crippen molar-refractivity contribution in [3.05, 3.63) is 11.0 Å². The second kappa shape index (κ2) is 5.89. The molecule has 0 aliphatic heterocycles. The Morgan fingerprint density at radius 2 is 2.37 bits per heavy atom. The Balaban J connectivity index is 2.19. The van der Waals surface area contributed by atoms with Crippen LogP contribution in [0.2, 0.25) is 0 Å². The van der Waals surface area contributed by atoms with Gasteiger partial charge in [0.25, 0.3) is 0 Å². The molecular formula is C9H14N5O3PS. The predicted octanol–water partition coefficient (Wildman–Crippen LogP) is 0.730. The molecule has 8 nitrogen and oxygen atoms in total. The molecule has 0 bridgehead atoms. The fraction of sp³-hybridized carbons (Fsp3) is 0.444. The van der Waals surface area contributed by atoms with Gasteiger partial charge >= 0.3 is 0 Å². The number of fused-ring (bicyclic) bond motifs is 1. The molecule has 0 amide bonds. The van der Waals surface area contributed by atoms with E-state index in [-0.39, 0.29) is 18.4 Å². The van der Waals surface area contributed by atoms with Crippen molar-refractivity contribution in [2.24, 2.45) is 0 Å². The average Bonchev–Trinajstić information content (AvgIpc) is 2.70. The van der Waals surface area contributed by atoms with Crippen molar-refractivity contribution in [3.63, 3.8) is 0 Å².